The third-order valence-corrected chi connectivity index (χ3v) is 8.70. The van der Waals surface area contributed by atoms with Crippen LogP contribution in [0.3, 0.4) is 0 Å². The van der Waals surface area contributed by atoms with Crippen LogP contribution in [0.25, 0.3) is 0 Å². The Labute approximate surface area is 185 Å². The molecule has 3 atom stereocenters. The van der Waals surface area contributed by atoms with Crippen molar-refractivity contribution in [3.63, 3.8) is 0 Å². The molecule has 2 heterocycles. The molecule has 1 fully saturated rings. The second kappa shape index (κ2) is 8.90. The molecule has 1 saturated heterocycles. The molecule has 0 radical (unpaired) electrons. The molecule has 0 bridgehead atoms. The van der Waals surface area contributed by atoms with Gasteiger partial charge in [0.1, 0.15) is 0 Å². The summed E-state index contributed by atoms with van der Waals surface area (Å²) >= 11 is 1.35. The lowest BCUT2D eigenvalue weighted by molar-refractivity contribution is -0.143. The minimum absolute atomic E-state index is 0.108. The van der Waals surface area contributed by atoms with E-state index >= 15 is 0 Å². The van der Waals surface area contributed by atoms with Gasteiger partial charge in [-0.05, 0) is 43.2 Å². The summed E-state index contributed by atoms with van der Waals surface area (Å²) in [6.45, 7) is 1.78. The van der Waals surface area contributed by atoms with Crippen LogP contribution < -0.4 is 0 Å². The molecule has 0 spiro atoms. The molecule has 4 rings (SSSR count). The van der Waals surface area contributed by atoms with Crippen LogP contribution in [0.15, 0.2) is 87.4 Å². The van der Waals surface area contributed by atoms with E-state index in [-0.39, 0.29) is 16.7 Å². The van der Waals surface area contributed by atoms with Gasteiger partial charge >= 0.3 is 5.97 Å². The maximum Gasteiger partial charge on any atom is 0.308 e. The van der Waals surface area contributed by atoms with Crippen molar-refractivity contribution >= 4 is 27.8 Å². The monoisotopic (exact) mass is 457 g/mol. The number of furan rings is 1. The lowest BCUT2D eigenvalue weighted by atomic mass is 9.90. The van der Waals surface area contributed by atoms with Crippen molar-refractivity contribution in [2.45, 2.75) is 34.6 Å². The Balaban J connectivity index is 1.75. The van der Waals surface area contributed by atoms with Gasteiger partial charge in [0.05, 0.1) is 23.1 Å². The van der Waals surface area contributed by atoms with Gasteiger partial charge in [-0.2, -0.15) is 4.31 Å². The zero-order valence-electron chi connectivity index (χ0n) is 16.9. The number of piperidine rings is 1. The SMILES string of the molecule is Cc1ccc(S(=O)(=O)N2C[C@@H](C(=O)O)[C@H](Sc3ccco3)C[C@H]2c2ccccc2)cc1. The topological polar surface area (TPSA) is 87.8 Å². The van der Waals surface area contributed by atoms with Crippen LogP contribution >= 0.6 is 11.8 Å². The number of hydrogen-bond donors (Lipinski definition) is 1. The van der Waals surface area contributed by atoms with Crippen molar-refractivity contribution in [1.82, 2.24) is 4.31 Å². The van der Waals surface area contributed by atoms with Gasteiger partial charge in [0.15, 0.2) is 5.09 Å². The molecule has 3 aromatic rings. The summed E-state index contributed by atoms with van der Waals surface area (Å²) in [4.78, 5) is 12.3. The Bertz CT molecular complexity index is 1130. The number of benzene rings is 2. The van der Waals surface area contributed by atoms with Crippen LogP contribution in [0.1, 0.15) is 23.6 Å². The predicted molar refractivity (Wildman–Crippen MR) is 118 cm³/mol. The summed E-state index contributed by atoms with van der Waals surface area (Å²) in [6.07, 6.45) is 1.90. The number of aliphatic carboxylic acids is 1. The summed E-state index contributed by atoms with van der Waals surface area (Å²) < 4.78 is 33.9. The molecular weight excluding hydrogens is 434 g/mol. The summed E-state index contributed by atoms with van der Waals surface area (Å²) in [7, 11) is -3.89. The van der Waals surface area contributed by atoms with Crippen LogP contribution in [0, 0.1) is 12.8 Å². The Morgan fingerprint density at radius 1 is 1.06 bits per heavy atom. The highest BCUT2D eigenvalue weighted by Gasteiger charge is 2.45. The average molecular weight is 458 g/mol. The maximum atomic E-state index is 13.6. The zero-order valence-corrected chi connectivity index (χ0v) is 18.6. The Hall–Kier alpha value is -2.55. The first-order valence-corrected chi connectivity index (χ1v) is 12.2. The largest absolute Gasteiger partial charge is 0.481 e. The number of carbonyl (C=O) groups is 1. The third kappa shape index (κ3) is 4.56. The second-order valence-corrected chi connectivity index (χ2v) is 10.7. The van der Waals surface area contributed by atoms with E-state index in [2.05, 4.69) is 0 Å². The highest BCUT2D eigenvalue weighted by Crippen LogP contribution is 2.44. The van der Waals surface area contributed by atoms with E-state index in [1.807, 2.05) is 37.3 Å². The van der Waals surface area contributed by atoms with Gasteiger partial charge in [-0.1, -0.05) is 59.8 Å². The first-order valence-electron chi connectivity index (χ1n) is 9.92. The maximum absolute atomic E-state index is 13.6. The number of aryl methyl sites for hydroxylation is 1. The molecule has 8 heteroatoms. The van der Waals surface area contributed by atoms with Gasteiger partial charge in [-0.25, -0.2) is 8.42 Å². The molecule has 0 amide bonds. The Morgan fingerprint density at radius 3 is 2.39 bits per heavy atom. The summed E-state index contributed by atoms with van der Waals surface area (Å²) in [5, 5.41) is 10.2. The fourth-order valence-corrected chi connectivity index (χ4v) is 6.74. The molecule has 0 aliphatic carbocycles. The molecule has 1 N–H and O–H groups in total. The van der Waals surface area contributed by atoms with Crippen molar-refractivity contribution in [2.24, 2.45) is 5.92 Å². The summed E-state index contributed by atoms with van der Waals surface area (Å²) in [5.41, 5.74) is 1.79. The number of carboxylic acids is 1. The van der Waals surface area contributed by atoms with Crippen molar-refractivity contribution in [1.29, 1.82) is 0 Å². The predicted octanol–water partition coefficient (Wildman–Crippen LogP) is 4.59. The number of carboxylic acid groups (broad SMARTS) is 1. The minimum atomic E-state index is -3.89. The lowest BCUT2D eigenvalue weighted by Gasteiger charge is -2.41. The number of rotatable bonds is 6. The van der Waals surface area contributed by atoms with Crippen molar-refractivity contribution in [3.05, 3.63) is 84.1 Å². The van der Waals surface area contributed by atoms with Crippen LogP contribution in [0.5, 0.6) is 0 Å². The smallest absolute Gasteiger partial charge is 0.308 e. The number of thioether (sulfide) groups is 1. The van der Waals surface area contributed by atoms with Crippen molar-refractivity contribution in [2.75, 3.05) is 6.54 Å². The van der Waals surface area contributed by atoms with Gasteiger partial charge < -0.3 is 9.52 Å². The van der Waals surface area contributed by atoms with E-state index in [1.54, 1.807) is 42.7 Å². The number of sulfonamides is 1. The normalized spacial score (nSPS) is 22.3. The Morgan fingerprint density at radius 2 is 1.77 bits per heavy atom. The van der Waals surface area contributed by atoms with Gasteiger partial charge in [-0.3, -0.25) is 4.79 Å². The molecule has 2 aromatic carbocycles. The summed E-state index contributed by atoms with van der Waals surface area (Å²) in [5.74, 6) is -1.88. The quantitative estimate of drug-likeness (QED) is 0.583. The Kier molecular flexibility index (Phi) is 6.22. The van der Waals surface area contributed by atoms with Crippen LogP contribution in [0.2, 0.25) is 0 Å². The second-order valence-electron chi connectivity index (χ2n) is 7.58. The number of hydrogen-bond acceptors (Lipinski definition) is 5. The fourth-order valence-electron chi connectivity index (χ4n) is 3.88. The van der Waals surface area contributed by atoms with E-state index in [1.165, 1.54) is 16.1 Å². The van der Waals surface area contributed by atoms with E-state index in [9.17, 15) is 18.3 Å². The van der Waals surface area contributed by atoms with Crippen LogP contribution in [0.4, 0.5) is 0 Å². The molecule has 0 saturated carbocycles. The van der Waals surface area contributed by atoms with Gasteiger partial charge in [-0.15, -0.1) is 0 Å². The highest BCUT2D eigenvalue weighted by atomic mass is 32.2. The molecule has 31 heavy (non-hydrogen) atoms. The molecule has 1 aliphatic heterocycles. The molecule has 1 aromatic heterocycles. The van der Waals surface area contributed by atoms with E-state index in [0.717, 1.165) is 11.1 Å². The standard InChI is InChI=1S/C23H23NO5S2/c1-16-9-11-18(12-10-16)31(27,28)24-15-19(23(25)26)21(30-22-8-5-13-29-22)14-20(24)17-6-3-2-4-7-17/h2-13,19-21H,14-15H2,1H3,(H,25,26)/t19-,20+,21-/m1/s1. The van der Waals surface area contributed by atoms with Crippen LogP contribution in [-0.2, 0) is 14.8 Å². The lowest BCUT2D eigenvalue weighted by Crippen LogP contribution is -2.49. The zero-order chi connectivity index (χ0) is 22.0. The third-order valence-electron chi connectivity index (χ3n) is 5.52. The first kappa shape index (κ1) is 21.7. The minimum Gasteiger partial charge on any atom is -0.481 e. The fraction of sp³-hybridized carbons (Fsp3) is 0.261. The molecular formula is C23H23NO5S2. The van der Waals surface area contributed by atoms with Crippen LogP contribution in [-0.4, -0.2) is 35.6 Å². The van der Waals surface area contributed by atoms with Crippen molar-refractivity contribution < 1.29 is 22.7 Å². The van der Waals surface area contributed by atoms with E-state index in [0.29, 0.717) is 11.5 Å². The van der Waals surface area contributed by atoms with E-state index in [4.69, 9.17) is 4.42 Å². The highest BCUT2D eigenvalue weighted by molar-refractivity contribution is 7.99. The average Bonchev–Trinajstić information content (AvgIpc) is 3.27. The van der Waals surface area contributed by atoms with Gasteiger partial charge in [0, 0.05) is 11.8 Å². The van der Waals surface area contributed by atoms with Crippen molar-refractivity contribution in [3.8, 4) is 0 Å². The summed E-state index contributed by atoms with van der Waals surface area (Å²) in [6, 6.07) is 19.1. The molecule has 6 nitrogen and oxygen atoms in total. The van der Waals surface area contributed by atoms with E-state index < -0.39 is 28.0 Å². The van der Waals surface area contributed by atoms with Gasteiger partial charge in [0.2, 0.25) is 10.0 Å². The number of nitrogens with zero attached hydrogens (tertiary/aromatic N) is 1. The first-order chi connectivity index (χ1) is 14.9. The molecule has 1 aliphatic rings. The van der Waals surface area contributed by atoms with Gasteiger partial charge in [0.25, 0.3) is 0 Å². The molecule has 0 unspecified atom stereocenters. The molecule has 162 valence electrons.